The van der Waals surface area contributed by atoms with E-state index in [0.29, 0.717) is 35.6 Å². The molecule has 0 aromatic carbocycles. The number of nitrogens with zero attached hydrogens (tertiary/aromatic N) is 2. The summed E-state index contributed by atoms with van der Waals surface area (Å²) < 4.78 is 39.4. The van der Waals surface area contributed by atoms with Crippen molar-refractivity contribution >= 4 is 5.91 Å². The zero-order chi connectivity index (χ0) is 27.9. The van der Waals surface area contributed by atoms with Crippen molar-refractivity contribution in [3.05, 3.63) is 65.7 Å². The SMILES string of the molecule is C=C1C=CC(Oc2ncc(F)cc2OCC2(F)CC2)=C(C)N1/C=C(\C)C(=O)NC(C)(CCC)CCCCC. The number of allylic oxidation sites excluding steroid dienone is 3. The van der Waals surface area contributed by atoms with E-state index in [1.54, 1.807) is 30.2 Å². The molecule has 1 aliphatic carbocycles. The Morgan fingerprint density at radius 2 is 2.00 bits per heavy atom. The van der Waals surface area contributed by atoms with Crippen LogP contribution in [-0.2, 0) is 4.79 Å². The molecule has 1 aromatic rings. The fraction of sp³-hybridized carbons (Fsp3) is 0.533. The monoisotopic (exact) mass is 529 g/mol. The van der Waals surface area contributed by atoms with Gasteiger partial charge in [0.05, 0.1) is 11.9 Å². The second kappa shape index (κ2) is 12.6. The van der Waals surface area contributed by atoms with E-state index in [9.17, 15) is 13.6 Å². The molecule has 1 aliphatic heterocycles. The topological polar surface area (TPSA) is 63.7 Å². The molecule has 208 valence electrons. The van der Waals surface area contributed by atoms with Crippen molar-refractivity contribution in [3.63, 3.8) is 0 Å². The molecule has 0 saturated heterocycles. The number of ether oxygens (including phenoxy) is 2. The fourth-order valence-corrected chi connectivity index (χ4v) is 4.37. The largest absolute Gasteiger partial charge is 0.484 e. The third kappa shape index (κ3) is 7.92. The standard InChI is InChI=1S/C30H41F2N3O3/c1-7-9-10-14-29(6,13-8-2)34-27(36)21(3)19-35-22(4)11-12-25(23(35)5)38-28-26(17-24(31)18-33-28)37-20-30(32)15-16-30/h11-12,17-19H,4,7-10,13-16,20H2,1-3,5-6H3,(H,34,36)/b21-19+. The molecule has 1 N–H and O–H groups in total. The van der Waals surface area contributed by atoms with E-state index in [4.69, 9.17) is 9.47 Å². The van der Waals surface area contributed by atoms with Gasteiger partial charge in [0.1, 0.15) is 23.9 Å². The number of amides is 1. The summed E-state index contributed by atoms with van der Waals surface area (Å²) >= 11 is 0. The third-order valence-electron chi connectivity index (χ3n) is 6.95. The van der Waals surface area contributed by atoms with Crippen molar-refractivity contribution in [2.24, 2.45) is 0 Å². The zero-order valence-corrected chi connectivity index (χ0v) is 23.3. The highest BCUT2D eigenvalue weighted by Gasteiger charge is 2.44. The van der Waals surface area contributed by atoms with Gasteiger partial charge >= 0.3 is 0 Å². The van der Waals surface area contributed by atoms with Gasteiger partial charge in [0.25, 0.3) is 5.88 Å². The van der Waals surface area contributed by atoms with Gasteiger partial charge in [-0.05, 0) is 58.6 Å². The first-order valence-electron chi connectivity index (χ1n) is 13.5. The number of hydrogen-bond acceptors (Lipinski definition) is 5. The van der Waals surface area contributed by atoms with Crippen LogP contribution < -0.4 is 14.8 Å². The maximum absolute atomic E-state index is 14.1. The minimum Gasteiger partial charge on any atom is -0.484 e. The number of aromatic nitrogens is 1. The quantitative estimate of drug-likeness (QED) is 0.203. The van der Waals surface area contributed by atoms with E-state index < -0.39 is 11.5 Å². The smallest absolute Gasteiger partial charge is 0.262 e. The van der Waals surface area contributed by atoms with Crippen molar-refractivity contribution in [3.8, 4) is 11.6 Å². The number of unbranched alkanes of at least 4 members (excludes halogenated alkanes) is 2. The Hall–Kier alpha value is -3.16. The van der Waals surface area contributed by atoms with E-state index in [-0.39, 0.29) is 29.7 Å². The molecule has 6 nitrogen and oxygen atoms in total. The van der Waals surface area contributed by atoms with Crippen LogP contribution in [0.1, 0.15) is 86.0 Å². The van der Waals surface area contributed by atoms with Gasteiger partial charge in [0, 0.05) is 29.1 Å². The Labute approximate surface area is 225 Å². The third-order valence-corrected chi connectivity index (χ3v) is 6.95. The van der Waals surface area contributed by atoms with Crippen molar-refractivity contribution < 1.29 is 23.0 Å². The molecule has 0 bridgehead atoms. The second-order valence-corrected chi connectivity index (χ2v) is 10.7. The molecule has 2 heterocycles. The summed E-state index contributed by atoms with van der Waals surface area (Å²) in [5.41, 5.74) is 0.198. The van der Waals surface area contributed by atoms with Crippen LogP contribution in [0.4, 0.5) is 8.78 Å². The highest BCUT2D eigenvalue weighted by molar-refractivity contribution is 5.93. The average molecular weight is 530 g/mol. The predicted molar refractivity (Wildman–Crippen MR) is 146 cm³/mol. The molecule has 1 saturated carbocycles. The van der Waals surface area contributed by atoms with Crippen molar-refractivity contribution in [2.45, 2.75) is 97.2 Å². The number of pyridine rings is 1. The van der Waals surface area contributed by atoms with Crippen LogP contribution in [-0.4, -0.2) is 33.6 Å². The van der Waals surface area contributed by atoms with E-state index in [2.05, 4.69) is 37.7 Å². The van der Waals surface area contributed by atoms with E-state index in [0.717, 1.165) is 50.8 Å². The maximum Gasteiger partial charge on any atom is 0.262 e. The Morgan fingerprint density at radius 3 is 2.66 bits per heavy atom. The molecule has 0 radical (unpaired) electrons. The molecule has 8 heteroatoms. The van der Waals surface area contributed by atoms with Gasteiger partial charge in [-0.2, -0.15) is 0 Å². The number of alkyl halides is 1. The minimum atomic E-state index is -1.37. The summed E-state index contributed by atoms with van der Waals surface area (Å²) in [4.78, 5) is 18.9. The molecule has 1 atom stereocenters. The van der Waals surface area contributed by atoms with Crippen LogP contribution in [0.3, 0.4) is 0 Å². The number of hydrogen-bond donors (Lipinski definition) is 1. The van der Waals surface area contributed by atoms with Gasteiger partial charge < -0.3 is 19.7 Å². The minimum absolute atomic E-state index is 0.0305. The van der Waals surface area contributed by atoms with E-state index >= 15 is 0 Å². The maximum atomic E-state index is 14.1. The zero-order valence-electron chi connectivity index (χ0n) is 23.3. The Balaban J connectivity index is 1.77. The van der Waals surface area contributed by atoms with Crippen molar-refractivity contribution in [2.75, 3.05) is 6.61 Å². The highest BCUT2D eigenvalue weighted by Crippen LogP contribution is 2.41. The molecule has 2 aliphatic rings. The average Bonchev–Trinajstić information content (AvgIpc) is 3.60. The number of nitrogens with one attached hydrogen (secondary N) is 1. The summed E-state index contributed by atoms with van der Waals surface area (Å²) in [6.07, 6.45) is 13.2. The molecular formula is C30H41F2N3O3. The van der Waals surface area contributed by atoms with Crippen molar-refractivity contribution in [1.82, 2.24) is 15.2 Å². The van der Waals surface area contributed by atoms with Crippen LogP contribution in [0, 0.1) is 5.82 Å². The first kappa shape index (κ1) is 29.4. The molecule has 1 unspecified atom stereocenters. The number of carbonyl (C=O) groups is 1. The summed E-state index contributed by atoms with van der Waals surface area (Å²) in [6.45, 7) is 13.9. The molecule has 1 amide bonds. The molecule has 1 fully saturated rings. The van der Waals surface area contributed by atoms with Crippen LogP contribution in [0.5, 0.6) is 11.6 Å². The fourth-order valence-electron chi connectivity index (χ4n) is 4.37. The van der Waals surface area contributed by atoms with Crippen LogP contribution in [0.15, 0.2) is 59.9 Å². The van der Waals surface area contributed by atoms with Crippen LogP contribution in [0.25, 0.3) is 0 Å². The van der Waals surface area contributed by atoms with Crippen molar-refractivity contribution in [1.29, 1.82) is 0 Å². The van der Waals surface area contributed by atoms with Gasteiger partial charge in [-0.25, -0.2) is 13.8 Å². The summed E-state index contributed by atoms with van der Waals surface area (Å²) in [7, 11) is 0. The molecule has 3 rings (SSSR count). The normalized spacial score (nSPS) is 18.3. The molecule has 0 spiro atoms. The summed E-state index contributed by atoms with van der Waals surface area (Å²) in [6, 6.07) is 1.13. The van der Waals surface area contributed by atoms with Crippen LogP contribution >= 0.6 is 0 Å². The molecule has 1 aromatic heterocycles. The van der Waals surface area contributed by atoms with E-state index in [1.807, 2.05) is 6.92 Å². The summed E-state index contributed by atoms with van der Waals surface area (Å²) in [5.74, 6) is -0.259. The Bertz CT molecular complexity index is 1120. The lowest BCUT2D eigenvalue weighted by Gasteiger charge is -2.32. The Kier molecular flexibility index (Phi) is 9.74. The lowest BCUT2D eigenvalue weighted by atomic mass is 9.89. The van der Waals surface area contributed by atoms with Gasteiger partial charge in [-0.1, -0.05) is 46.1 Å². The van der Waals surface area contributed by atoms with Gasteiger partial charge in [0.2, 0.25) is 5.91 Å². The lowest BCUT2D eigenvalue weighted by Crippen LogP contribution is -2.46. The number of rotatable bonds is 14. The first-order chi connectivity index (χ1) is 18.0. The Morgan fingerprint density at radius 1 is 1.26 bits per heavy atom. The van der Waals surface area contributed by atoms with Gasteiger partial charge in [0.15, 0.2) is 5.75 Å². The van der Waals surface area contributed by atoms with Gasteiger partial charge in [-0.15, -0.1) is 0 Å². The molecular weight excluding hydrogens is 488 g/mol. The van der Waals surface area contributed by atoms with E-state index in [1.165, 1.54) is 0 Å². The second-order valence-electron chi connectivity index (χ2n) is 10.7. The van der Waals surface area contributed by atoms with Gasteiger partial charge in [-0.3, -0.25) is 4.79 Å². The number of carbonyl (C=O) groups excluding carboxylic acids is 1. The summed E-state index contributed by atoms with van der Waals surface area (Å²) in [5, 5.41) is 3.25. The number of halogens is 2. The predicted octanol–water partition coefficient (Wildman–Crippen LogP) is 7.26. The highest BCUT2D eigenvalue weighted by atomic mass is 19.1. The van der Waals surface area contributed by atoms with Crippen LogP contribution in [0.2, 0.25) is 0 Å². The lowest BCUT2D eigenvalue weighted by molar-refractivity contribution is -0.119. The first-order valence-corrected chi connectivity index (χ1v) is 13.5. The molecule has 38 heavy (non-hydrogen) atoms.